The number of nitrogens with zero attached hydrogens (tertiary/aromatic N) is 1. The van der Waals surface area contributed by atoms with Crippen LogP contribution in [-0.4, -0.2) is 17.6 Å². The Balaban J connectivity index is 1.73. The Labute approximate surface area is 183 Å². The second-order valence-electron chi connectivity index (χ2n) is 6.05. The van der Waals surface area contributed by atoms with Crippen LogP contribution >= 0.6 is 43.6 Å². The number of amides is 2. The second kappa shape index (κ2) is 9.41. The minimum atomic E-state index is -0.316. The average Bonchev–Trinajstić information content (AvgIpc) is 2.68. The fourth-order valence-corrected chi connectivity index (χ4v) is 4.19. The molecule has 2 aromatic carbocycles. The van der Waals surface area contributed by atoms with E-state index in [1.54, 1.807) is 12.1 Å². The topological polar surface area (TPSA) is 82.0 Å². The molecule has 2 amide bonds. The molecule has 2 aromatic rings. The van der Waals surface area contributed by atoms with Gasteiger partial charge >= 0.3 is 0 Å². The molecule has 142 valence electrons. The molecule has 3 rings (SSSR count). The Kier molecular flexibility index (Phi) is 6.94. The molecule has 2 N–H and O–H groups in total. The van der Waals surface area contributed by atoms with Gasteiger partial charge in [-0.1, -0.05) is 55.8 Å². The normalized spacial score (nSPS) is 16.3. The Morgan fingerprint density at radius 3 is 2.36 bits per heavy atom. The molecular formula is C20H15Br2N3O2S. The summed E-state index contributed by atoms with van der Waals surface area (Å²) in [6.07, 6.45) is 0.208. The number of halogens is 2. The molecule has 0 saturated carbocycles. The van der Waals surface area contributed by atoms with Crippen molar-refractivity contribution in [3.63, 3.8) is 0 Å². The van der Waals surface area contributed by atoms with Crippen LogP contribution in [0.3, 0.4) is 0 Å². The van der Waals surface area contributed by atoms with Crippen molar-refractivity contribution < 1.29 is 9.59 Å². The summed E-state index contributed by atoms with van der Waals surface area (Å²) in [5.74, 6) is -0.604. The number of hydrogen-bond acceptors (Lipinski definition) is 4. The van der Waals surface area contributed by atoms with Gasteiger partial charge in [0, 0.05) is 27.0 Å². The predicted octanol–water partition coefficient (Wildman–Crippen LogP) is 4.92. The van der Waals surface area contributed by atoms with Crippen molar-refractivity contribution in [3.8, 4) is 6.07 Å². The summed E-state index contributed by atoms with van der Waals surface area (Å²) in [5.41, 5.74) is 2.05. The van der Waals surface area contributed by atoms with Gasteiger partial charge in [0.05, 0.1) is 22.4 Å². The van der Waals surface area contributed by atoms with E-state index in [1.165, 1.54) is 0 Å². The van der Waals surface area contributed by atoms with Crippen LogP contribution in [0.1, 0.15) is 17.9 Å². The molecule has 1 atom stereocenters. The van der Waals surface area contributed by atoms with E-state index in [2.05, 4.69) is 48.6 Å². The van der Waals surface area contributed by atoms with Crippen molar-refractivity contribution in [1.29, 1.82) is 5.26 Å². The number of benzene rings is 2. The Hall–Kier alpha value is -2.08. The van der Waals surface area contributed by atoms with Gasteiger partial charge in [-0.05, 0) is 42.0 Å². The molecule has 0 radical (unpaired) electrons. The van der Waals surface area contributed by atoms with E-state index in [-0.39, 0.29) is 29.9 Å². The first kappa shape index (κ1) is 20.6. The molecular weight excluding hydrogens is 506 g/mol. The van der Waals surface area contributed by atoms with Crippen LogP contribution in [-0.2, 0) is 9.59 Å². The molecule has 1 aliphatic heterocycles. The lowest BCUT2D eigenvalue weighted by Crippen LogP contribution is -2.31. The van der Waals surface area contributed by atoms with Crippen molar-refractivity contribution in [2.75, 3.05) is 11.1 Å². The second-order valence-corrected chi connectivity index (χ2v) is 8.87. The molecule has 1 heterocycles. The first-order valence-electron chi connectivity index (χ1n) is 8.34. The van der Waals surface area contributed by atoms with Gasteiger partial charge in [0.25, 0.3) is 0 Å². The van der Waals surface area contributed by atoms with Crippen molar-refractivity contribution in [3.05, 3.63) is 73.6 Å². The van der Waals surface area contributed by atoms with Gasteiger partial charge in [0.2, 0.25) is 11.8 Å². The SMILES string of the molecule is N#CC1=C(SCC(=O)Nc2ccc(Br)cc2)NC(=O)CC1c1ccc(Br)cc1. The van der Waals surface area contributed by atoms with E-state index in [0.717, 1.165) is 26.3 Å². The Bertz CT molecular complexity index is 966. The lowest BCUT2D eigenvalue weighted by Gasteiger charge is -2.25. The first-order valence-corrected chi connectivity index (χ1v) is 10.9. The van der Waals surface area contributed by atoms with E-state index in [1.807, 2.05) is 36.4 Å². The minimum absolute atomic E-state index is 0.0872. The number of nitrogens with one attached hydrogen (secondary N) is 2. The smallest absolute Gasteiger partial charge is 0.234 e. The molecule has 1 aliphatic rings. The van der Waals surface area contributed by atoms with Crippen LogP contribution in [0.25, 0.3) is 0 Å². The fraction of sp³-hybridized carbons (Fsp3) is 0.150. The molecule has 0 aliphatic carbocycles. The number of carbonyl (C=O) groups is 2. The van der Waals surface area contributed by atoms with Crippen LogP contribution in [0.2, 0.25) is 0 Å². The zero-order valence-electron chi connectivity index (χ0n) is 14.5. The summed E-state index contributed by atoms with van der Waals surface area (Å²) < 4.78 is 1.85. The first-order chi connectivity index (χ1) is 13.5. The van der Waals surface area contributed by atoms with E-state index >= 15 is 0 Å². The zero-order chi connectivity index (χ0) is 20.1. The van der Waals surface area contributed by atoms with Gasteiger partial charge in [0.15, 0.2) is 0 Å². The maximum Gasteiger partial charge on any atom is 0.234 e. The molecule has 28 heavy (non-hydrogen) atoms. The van der Waals surface area contributed by atoms with Crippen molar-refractivity contribution in [2.24, 2.45) is 0 Å². The fourth-order valence-electron chi connectivity index (χ4n) is 2.78. The highest BCUT2D eigenvalue weighted by Crippen LogP contribution is 2.36. The number of carbonyl (C=O) groups excluding carboxylic acids is 2. The standard InChI is InChI=1S/C20H15Br2N3O2S/c21-13-3-1-12(2-4-13)16-9-18(26)25-20(17(16)10-23)28-11-19(27)24-15-7-5-14(22)6-8-15/h1-8,16H,9,11H2,(H,24,27)(H,25,26). The van der Waals surface area contributed by atoms with Crippen LogP contribution in [0.5, 0.6) is 0 Å². The lowest BCUT2D eigenvalue weighted by atomic mass is 9.87. The number of hydrogen-bond donors (Lipinski definition) is 2. The third kappa shape index (κ3) is 5.25. The Morgan fingerprint density at radius 2 is 1.75 bits per heavy atom. The number of anilines is 1. The number of rotatable bonds is 5. The highest BCUT2D eigenvalue weighted by molar-refractivity contribution is 9.10. The van der Waals surface area contributed by atoms with Gasteiger partial charge in [-0.3, -0.25) is 9.59 Å². The van der Waals surface area contributed by atoms with Gasteiger partial charge in [-0.2, -0.15) is 5.26 Å². The van der Waals surface area contributed by atoms with Crippen LogP contribution in [0, 0.1) is 11.3 Å². The predicted molar refractivity (Wildman–Crippen MR) is 118 cm³/mol. The minimum Gasteiger partial charge on any atom is -0.325 e. The number of thioether (sulfide) groups is 1. The highest BCUT2D eigenvalue weighted by atomic mass is 79.9. The molecule has 1 unspecified atom stereocenters. The molecule has 5 nitrogen and oxygen atoms in total. The third-order valence-electron chi connectivity index (χ3n) is 4.10. The summed E-state index contributed by atoms with van der Waals surface area (Å²) in [6, 6.07) is 17.0. The highest BCUT2D eigenvalue weighted by Gasteiger charge is 2.29. The summed E-state index contributed by atoms with van der Waals surface area (Å²) in [6.45, 7) is 0. The largest absolute Gasteiger partial charge is 0.325 e. The van der Waals surface area contributed by atoms with Crippen LogP contribution in [0.15, 0.2) is 68.1 Å². The van der Waals surface area contributed by atoms with Crippen molar-refractivity contribution in [2.45, 2.75) is 12.3 Å². The van der Waals surface area contributed by atoms with Crippen LogP contribution in [0.4, 0.5) is 5.69 Å². The zero-order valence-corrected chi connectivity index (χ0v) is 18.5. The summed E-state index contributed by atoms with van der Waals surface area (Å²) in [4.78, 5) is 24.4. The van der Waals surface area contributed by atoms with Crippen LogP contribution < -0.4 is 10.6 Å². The molecule has 0 aromatic heterocycles. The maximum absolute atomic E-state index is 12.2. The quantitative estimate of drug-likeness (QED) is 0.586. The Morgan fingerprint density at radius 1 is 1.14 bits per heavy atom. The molecule has 8 heteroatoms. The number of allylic oxidation sites excluding steroid dienone is 1. The summed E-state index contributed by atoms with van der Waals surface area (Å²) >= 11 is 7.90. The van der Waals surface area contributed by atoms with Gasteiger partial charge in [-0.25, -0.2) is 0 Å². The van der Waals surface area contributed by atoms with E-state index in [0.29, 0.717) is 16.3 Å². The van der Waals surface area contributed by atoms with Gasteiger partial charge in [0.1, 0.15) is 0 Å². The van der Waals surface area contributed by atoms with E-state index < -0.39 is 0 Å². The number of nitriles is 1. The molecule has 0 bridgehead atoms. The maximum atomic E-state index is 12.2. The summed E-state index contributed by atoms with van der Waals surface area (Å²) in [7, 11) is 0. The third-order valence-corrected chi connectivity index (χ3v) is 6.18. The van der Waals surface area contributed by atoms with E-state index in [9.17, 15) is 14.9 Å². The molecule has 0 fully saturated rings. The van der Waals surface area contributed by atoms with Crippen molar-refractivity contribution in [1.82, 2.24) is 5.32 Å². The monoisotopic (exact) mass is 519 g/mol. The average molecular weight is 521 g/mol. The summed E-state index contributed by atoms with van der Waals surface area (Å²) in [5, 5.41) is 15.7. The van der Waals surface area contributed by atoms with E-state index in [4.69, 9.17) is 0 Å². The lowest BCUT2D eigenvalue weighted by molar-refractivity contribution is -0.121. The molecule has 0 saturated heterocycles. The van der Waals surface area contributed by atoms with Gasteiger partial charge in [-0.15, -0.1) is 0 Å². The van der Waals surface area contributed by atoms with Crippen molar-refractivity contribution >= 4 is 61.1 Å². The molecule has 0 spiro atoms. The van der Waals surface area contributed by atoms with Gasteiger partial charge < -0.3 is 10.6 Å².